The van der Waals surface area contributed by atoms with Gasteiger partial charge in [-0.15, -0.1) is 0 Å². The normalized spacial score (nSPS) is 12.6. The van der Waals surface area contributed by atoms with Gasteiger partial charge in [0.25, 0.3) is 9.70 Å². The summed E-state index contributed by atoms with van der Waals surface area (Å²) in [5.41, 5.74) is 4.13. The van der Waals surface area contributed by atoms with E-state index in [0.717, 1.165) is 23.1 Å². The molecule has 3 aromatic rings. The SMILES string of the molecule is CC[C@H](C)c1ccc2oc(-c3cccc(NC(=S)NC(=O)C(Cl)(Cl)Cl)c3)nc2c1. The van der Waals surface area contributed by atoms with Crippen LogP contribution in [0.3, 0.4) is 0 Å². The number of benzene rings is 2. The third-order valence-corrected chi connectivity index (χ3v) is 5.16. The molecular formula is C20H18Cl3N3O2S. The van der Waals surface area contributed by atoms with Crippen molar-refractivity contribution in [2.45, 2.75) is 30.0 Å². The first-order valence-electron chi connectivity index (χ1n) is 8.87. The van der Waals surface area contributed by atoms with Crippen molar-refractivity contribution in [1.29, 1.82) is 0 Å². The lowest BCUT2D eigenvalue weighted by atomic mass is 9.98. The predicted octanol–water partition coefficient (Wildman–Crippen LogP) is 6.19. The van der Waals surface area contributed by atoms with Crippen LogP contribution in [0.5, 0.6) is 0 Å². The van der Waals surface area contributed by atoms with Crippen LogP contribution in [0.25, 0.3) is 22.6 Å². The number of hydrogen-bond acceptors (Lipinski definition) is 4. The second-order valence-electron chi connectivity index (χ2n) is 6.54. The van der Waals surface area contributed by atoms with Crippen LogP contribution in [0.15, 0.2) is 46.9 Å². The number of fused-ring (bicyclic) bond motifs is 1. The van der Waals surface area contributed by atoms with Crippen LogP contribution in [0.1, 0.15) is 31.7 Å². The van der Waals surface area contributed by atoms with Crippen molar-refractivity contribution in [3.05, 3.63) is 48.0 Å². The third-order valence-electron chi connectivity index (χ3n) is 4.44. The molecule has 0 spiro atoms. The lowest BCUT2D eigenvalue weighted by molar-refractivity contribution is -0.118. The molecule has 0 aliphatic carbocycles. The molecular weight excluding hydrogens is 453 g/mol. The quantitative estimate of drug-likeness (QED) is 0.351. The molecule has 0 unspecified atom stereocenters. The lowest BCUT2D eigenvalue weighted by Gasteiger charge is -2.13. The van der Waals surface area contributed by atoms with Crippen molar-refractivity contribution in [1.82, 2.24) is 10.3 Å². The number of amides is 1. The number of rotatable bonds is 4. The average Bonchev–Trinajstić information content (AvgIpc) is 3.10. The highest BCUT2D eigenvalue weighted by atomic mass is 35.6. The van der Waals surface area contributed by atoms with E-state index in [4.69, 9.17) is 51.4 Å². The molecule has 9 heteroatoms. The van der Waals surface area contributed by atoms with Gasteiger partial charge in [-0.05, 0) is 60.5 Å². The van der Waals surface area contributed by atoms with Crippen LogP contribution < -0.4 is 10.6 Å². The van der Waals surface area contributed by atoms with Gasteiger partial charge in [0, 0.05) is 11.3 Å². The third kappa shape index (κ3) is 5.39. The number of anilines is 1. The van der Waals surface area contributed by atoms with Gasteiger partial charge in [-0.2, -0.15) is 0 Å². The topological polar surface area (TPSA) is 67.2 Å². The van der Waals surface area contributed by atoms with Crippen LogP contribution >= 0.6 is 47.0 Å². The summed E-state index contributed by atoms with van der Waals surface area (Å²) in [6.45, 7) is 4.34. The molecule has 5 nitrogen and oxygen atoms in total. The highest BCUT2D eigenvalue weighted by Gasteiger charge is 2.31. The highest BCUT2D eigenvalue weighted by Crippen LogP contribution is 2.29. The van der Waals surface area contributed by atoms with Gasteiger partial charge in [0.2, 0.25) is 5.89 Å². The van der Waals surface area contributed by atoms with Crippen molar-refractivity contribution in [3.8, 4) is 11.5 Å². The Bertz CT molecular complexity index is 1060. The Hall–Kier alpha value is -1.86. The van der Waals surface area contributed by atoms with E-state index in [2.05, 4.69) is 41.6 Å². The predicted molar refractivity (Wildman–Crippen MR) is 123 cm³/mol. The van der Waals surface area contributed by atoms with E-state index in [-0.39, 0.29) is 5.11 Å². The maximum Gasteiger partial charge on any atom is 0.278 e. The molecule has 2 aromatic carbocycles. The standard InChI is InChI=1S/C20H18Cl3N3O2S/c1-3-11(2)12-7-8-16-15(10-12)25-17(28-16)13-5-4-6-14(9-13)24-19(29)26-18(27)20(21,22)23/h4-11H,3H2,1-2H3,(H2,24,26,27,29)/t11-/m0/s1. The zero-order valence-electron chi connectivity index (χ0n) is 15.6. The number of halogens is 3. The molecule has 0 saturated carbocycles. The minimum Gasteiger partial charge on any atom is -0.436 e. The van der Waals surface area contributed by atoms with E-state index in [0.29, 0.717) is 17.5 Å². The van der Waals surface area contributed by atoms with Crippen molar-refractivity contribution in [2.24, 2.45) is 0 Å². The van der Waals surface area contributed by atoms with Crippen LogP contribution in [0.4, 0.5) is 5.69 Å². The first-order valence-corrected chi connectivity index (χ1v) is 10.4. The molecule has 1 aromatic heterocycles. The molecule has 0 radical (unpaired) electrons. The van der Waals surface area contributed by atoms with Gasteiger partial charge in [0.05, 0.1) is 0 Å². The minimum absolute atomic E-state index is 0.00855. The summed E-state index contributed by atoms with van der Waals surface area (Å²) < 4.78 is 3.80. The Balaban J connectivity index is 1.80. The van der Waals surface area contributed by atoms with Crippen LogP contribution in [0.2, 0.25) is 0 Å². The molecule has 0 saturated heterocycles. The zero-order valence-corrected chi connectivity index (χ0v) is 18.7. The van der Waals surface area contributed by atoms with Gasteiger partial charge in [-0.25, -0.2) is 4.98 Å². The largest absolute Gasteiger partial charge is 0.436 e. The molecule has 0 bridgehead atoms. The Morgan fingerprint density at radius 1 is 1.24 bits per heavy atom. The monoisotopic (exact) mass is 469 g/mol. The Morgan fingerprint density at radius 3 is 2.69 bits per heavy atom. The van der Waals surface area contributed by atoms with E-state index in [1.165, 1.54) is 5.56 Å². The number of nitrogens with zero attached hydrogens (tertiary/aromatic N) is 1. The average molecular weight is 471 g/mol. The van der Waals surface area contributed by atoms with E-state index in [1.807, 2.05) is 18.2 Å². The molecule has 1 atom stereocenters. The molecule has 0 aliphatic rings. The summed E-state index contributed by atoms with van der Waals surface area (Å²) >= 11 is 21.7. The van der Waals surface area contributed by atoms with Gasteiger partial charge in [0.1, 0.15) is 5.52 Å². The summed E-state index contributed by atoms with van der Waals surface area (Å²) in [5.74, 6) is 0.101. The van der Waals surface area contributed by atoms with Gasteiger partial charge < -0.3 is 9.73 Å². The molecule has 1 amide bonds. The molecule has 3 rings (SSSR count). The second-order valence-corrected chi connectivity index (χ2v) is 9.23. The van der Waals surface area contributed by atoms with Crippen LogP contribution in [-0.4, -0.2) is 19.8 Å². The molecule has 0 aliphatic heterocycles. The number of nitrogens with one attached hydrogen (secondary N) is 2. The number of carbonyl (C=O) groups is 1. The lowest BCUT2D eigenvalue weighted by Crippen LogP contribution is -2.41. The molecule has 0 fully saturated rings. The maximum atomic E-state index is 11.7. The zero-order chi connectivity index (χ0) is 21.2. The van der Waals surface area contributed by atoms with Crippen molar-refractivity contribution in [3.63, 3.8) is 0 Å². The highest BCUT2D eigenvalue weighted by molar-refractivity contribution is 7.80. The molecule has 1 heterocycles. The van der Waals surface area contributed by atoms with Crippen molar-refractivity contribution >= 4 is 74.8 Å². The summed E-state index contributed by atoms with van der Waals surface area (Å²) in [7, 11) is 0. The van der Waals surface area contributed by atoms with Crippen LogP contribution in [0, 0.1) is 0 Å². The molecule has 152 valence electrons. The molecule has 2 N–H and O–H groups in total. The summed E-state index contributed by atoms with van der Waals surface area (Å²) in [6, 6.07) is 13.3. The Morgan fingerprint density at radius 2 is 2.00 bits per heavy atom. The second kappa shape index (κ2) is 8.88. The number of oxazole rings is 1. The number of thiocarbonyl (C=S) groups is 1. The number of alkyl halides is 3. The van der Waals surface area contributed by atoms with E-state index in [9.17, 15) is 4.79 Å². The van der Waals surface area contributed by atoms with Crippen molar-refractivity contribution < 1.29 is 9.21 Å². The van der Waals surface area contributed by atoms with E-state index in [1.54, 1.807) is 12.1 Å². The summed E-state index contributed by atoms with van der Waals surface area (Å²) in [5, 5.41) is 5.20. The van der Waals surface area contributed by atoms with Gasteiger partial charge in [-0.3, -0.25) is 10.1 Å². The fraction of sp³-hybridized carbons (Fsp3) is 0.250. The smallest absolute Gasteiger partial charge is 0.278 e. The van der Waals surface area contributed by atoms with Crippen LogP contribution in [-0.2, 0) is 4.79 Å². The van der Waals surface area contributed by atoms with Gasteiger partial charge >= 0.3 is 0 Å². The first kappa shape index (κ1) is 21.8. The summed E-state index contributed by atoms with van der Waals surface area (Å²) in [6.07, 6.45) is 1.05. The minimum atomic E-state index is -2.10. The Labute approximate surface area is 188 Å². The molecule has 29 heavy (non-hydrogen) atoms. The first-order chi connectivity index (χ1) is 13.7. The van der Waals surface area contributed by atoms with Crippen molar-refractivity contribution in [2.75, 3.05) is 5.32 Å². The summed E-state index contributed by atoms with van der Waals surface area (Å²) in [4.78, 5) is 16.3. The number of aromatic nitrogens is 1. The Kier molecular flexibility index (Phi) is 6.69. The number of hydrogen-bond donors (Lipinski definition) is 2. The fourth-order valence-corrected chi connectivity index (χ4v) is 3.03. The van der Waals surface area contributed by atoms with E-state index < -0.39 is 9.70 Å². The van der Waals surface area contributed by atoms with Gasteiger partial charge in [-0.1, -0.05) is 60.8 Å². The maximum absolute atomic E-state index is 11.7. The fourth-order valence-electron chi connectivity index (χ4n) is 2.68. The van der Waals surface area contributed by atoms with E-state index >= 15 is 0 Å². The number of carbonyl (C=O) groups excluding carboxylic acids is 1. The van der Waals surface area contributed by atoms with Gasteiger partial charge in [0.15, 0.2) is 10.7 Å².